The van der Waals surface area contributed by atoms with Crippen molar-refractivity contribution >= 4 is 33.2 Å². The lowest BCUT2D eigenvalue weighted by Gasteiger charge is -2.13. The van der Waals surface area contributed by atoms with Gasteiger partial charge in [-0.3, -0.25) is 20.6 Å². The molecule has 0 saturated carbocycles. The van der Waals surface area contributed by atoms with Crippen molar-refractivity contribution in [1.29, 1.82) is 0 Å². The zero-order valence-corrected chi connectivity index (χ0v) is 18.7. The van der Waals surface area contributed by atoms with Gasteiger partial charge in [0.1, 0.15) is 17.2 Å². The van der Waals surface area contributed by atoms with Crippen LogP contribution in [0.3, 0.4) is 0 Å². The van der Waals surface area contributed by atoms with Crippen molar-refractivity contribution in [1.82, 2.24) is 15.7 Å². The zero-order chi connectivity index (χ0) is 25.6. The van der Waals surface area contributed by atoms with E-state index in [-0.39, 0.29) is 17.3 Å². The van der Waals surface area contributed by atoms with Gasteiger partial charge in [0.25, 0.3) is 15.7 Å². The molecule has 1 aromatic heterocycles. The molecule has 10 nitrogen and oxygen atoms in total. The lowest BCUT2D eigenvalue weighted by atomic mass is 10.3. The molecule has 0 fully saturated rings. The van der Waals surface area contributed by atoms with Crippen molar-refractivity contribution in [3.8, 4) is 11.5 Å². The van der Waals surface area contributed by atoms with Gasteiger partial charge in [-0.1, -0.05) is 12.1 Å². The molecule has 3 aromatic rings. The molecule has 0 bridgehead atoms. The van der Waals surface area contributed by atoms with E-state index in [4.69, 9.17) is 4.74 Å². The van der Waals surface area contributed by atoms with Crippen LogP contribution in [0, 0.1) is 0 Å². The summed E-state index contributed by atoms with van der Waals surface area (Å²) in [5, 5.41) is 4.68. The van der Waals surface area contributed by atoms with Crippen LogP contribution in [0.5, 0.6) is 11.5 Å². The molecular formula is C21H18F3N5O5S. The van der Waals surface area contributed by atoms with Crippen molar-refractivity contribution in [2.24, 2.45) is 0 Å². The second-order valence-electron chi connectivity index (χ2n) is 6.77. The molecule has 0 aliphatic carbocycles. The second kappa shape index (κ2) is 10.3. The highest BCUT2D eigenvalue weighted by Crippen LogP contribution is 2.31. The Morgan fingerprint density at radius 2 is 1.63 bits per heavy atom. The topological polar surface area (TPSA) is 139 Å². The van der Waals surface area contributed by atoms with Gasteiger partial charge in [0.2, 0.25) is 0 Å². The van der Waals surface area contributed by atoms with E-state index in [1.165, 1.54) is 31.4 Å². The minimum absolute atomic E-state index is 0.157. The number of carbonyl (C=O) groups excluding carboxylic acids is 2. The number of hydrazine groups is 1. The first kappa shape index (κ1) is 25.3. The number of alkyl halides is 3. The predicted octanol–water partition coefficient (Wildman–Crippen LogP) is 3.68. The summed E-state index contributed by atoms with van der Waals surface area (Å²) in [6, 6.07) is 12.2. The van der Waals surface area contributed by atoms with Crippen LogP contribution in [-0.4, -0.2) is 37.9 Å². The Hall–Kier alpha value is -4.33. The third-order valence-corrected chi connectivity index (χ3v) is 5.77. The van der Waals surface area contributed by atoms with E-state index in [0.717, 1.165) is 12.1 Å². The van der Waals surface area contributed by atoms with Crippen LogP contribution in [-0.2, 0) is 9.84 Å². The number of hydrogen-bond acceptors (Lipinski definition) is 7. The molecule has 35 heavy (non-hydrogen) atoms. The molecule has 0 spiro atoms. The summed E-state index contributed by atoms with van der Waals surface area (Å²) in [4.78, 5) is 26.7. The number of carbonyl (C=O) groups is 2. The lowest BCUT2D eigenvalue weighted by molar-refractivity contribution is -0.0436. The molecule has 0 aliphatic heterocycles. The van der Waals surface area contributed by atoms with Crippen molar-refractivity contribution < 1.29 is 35.9 Å². The third-order valence-electron chi connectivity index (χ3n) is 4.29. The van der Waals surface area contributed by atoms with Crippen molar-refractivity contribution in [2.75, 3.05) is 17.8 Å². The van der Waals surface area contributed by atoms with Crippen LogP contribution in [0.25, 0.3) is 0 Å². The van der Waals surface area contributed by atoms with Gasteiger partial charge in [-0.2, -0.15) is 13.2 Å². The average Bonchev–Trinajstić information content (AvgIpc) is 2.82. The zero-order valence-electron chi connectivity index (χ0n) is 17.9. The van der Waals surface area contributed by atoms with E-state index >= 15 is 0 Å². The first-order valence-electron chi connectivity index (χ1n) is 9.70. The summed E-state index contributed by atoms with van der Waals surface area (Å²) < 4.78 is 67.0. The predicted molar refractivity (Wildman–Crippen MR) is 120 cm³/mol. The van der Waals surface area contributed by atoms with Crippen LogP contribution < -0.4 is 26.2 Å². The number of hydrogen-bond donors (Lipinski definition) is 4. The highest BCUT2D eigenvalue weighted by atomic mass is 32.2. The number of nitrogens with zero attached hydrogens (tertiary/aromatic N) is 1. The minimum Gasteiger partial charge on any atom is -0.457 e. The average molecular weight is 509 g/mol. The monoisotopic (exact) mass is 509 g/mol. The third kappa shape index (κ3) is 6.38. The van der Waals surface area contributed by atoms with Crippen molar-refractivity contribution in [3.05, 3.63) is 72.6 Å². The van der Waals surface area contributed by atoms with Gasteiger partial charge < -0.3 is 15.4 Å². The maximum Gasteiger partial charge on any atom is 0.501 e. The number of sulfone groups is 1. The second-order valence-corrected chi connectivity index (χ2v) is 8.71. The number of ether oxygens (including phenoxy) is 1. The number of urea groups is 1. The molecule has 4 N–H and O–H groups in total. The summed E-state index contributed by atoms with van der Waals surface area (Å²) in [7, 11) is -4.09. The normalized spacial score (nSPS) is 11.3. The molecule has 2 aromatic carbocycles. The minimum atomic E-state index is -5.56. The molecule has 0 saturated heterocycles. The van der Waals surface area contributed by atoms with Crippen LogP contribution in [0.2, 0.25) is 0 Å². The first-order chi connectivity index (χ1) is 16.5. The fraction of sp³-hybridized carbons (Fsp3) is 0.0952. The Kier molecular flexibility index (Phi) is 7.44. The van der Waals surface area contributed by atoms with Gasteiger partial charge in [-0.15, -0.1) is 0 Å². The van der Waals surface area contributed by atoms with Crippen molar-refractivity contribution in [2.45, 2.75) is 10.4 Å². The number of amides is 3. The Balaban J connectivity index is 1.62. The van der Waals surface area contributed by atoms with E-state index in [1.807, 2.05) is 0 Å². The summed E-state index contributed by atoms with van der Waals surface area (Å²) in [5.41, 5.74) is -0.251. The summed E-state index contributed by atoms with van der Waals surface area (Å²) in [6.07, 6.45) is 1.41. The molecular weight excluding hydrogens is 491 g/mol. The van der Waals surface area contributed by atoms with E-state index in [0.29, 0.717) is 23.3 Å². The van der Waals surface area contributed by atoms with Crippen LogP contribution in [0.1, 0.15) is 10.5 Å². The molecule has 0 radical (unpaired) electrons. The van der Waals surface area contributed by atoms with Crippen molar-refractivity contribution in [3.63, 3.8) is 0 Å². The molecule has 1 heterocycles. The number of rotatable bonds is 7. The van der Waals surface area contributed by atoms with Crippen LogP contribution in [0.4, 0.5) is 29.3 Å². The van der Waals surface area contributed by atoms with E-state index in [2.05, 4.69) is 26.5 Å². The van der Waals surface area contributed by atoms with Crippen LogP contribution in [0.15, 0.2) is 71.8 Å². The molecule has 14 heteroatoms. The summed E-state index contributed by atoms with van der Waals surface area (Å²) in [5.74, 6) is 0.314. The SMILES string of the molecule is CNC(=O)c1cc(Oc2cccc(NNC(=O)Nc3cccc(S(=O)(=O)C(F)(F)F)c3)c2)ccn1. The van der Waals surface area contributed by atoms with E-state index in [9.17, 15) is 31.2 Å². The van der Waals surface area contributed by atoms with E-state index < -0.39 is 26.3 Å². The Labute approximate surface area is 197 Å². The highest BCUT2D eigenvalue weighted by Gasteiger charge is 2.46. The first-order valence-corrected chi connectivity index (χ1v) is 11.2. The van der Waals surface area contributed by atoms with Gasteiger partial charge >= 0.3 is 11.5 Å². The molecule has 0 aliphatic rings. The number of halogens is 3. The maximum absolute atomic E-state index is 12.7. The lowest BCUT2D eigenvalue weighted by Crippen LogP contribution is -2.33. The quantitative estimate of drug-likeness (QED) is 0.357. The smallest absolute Gasteiger partial charge is 0.457 e. The number of aromatic nitrogens is 1. The molecule has 184 valence electrons. The van der Waals surface area contributed by atoms with Crippen LogP contribution >= 0.6 is 0 Å². The fourth-order valence-corrected chi connectivity index (χ4v) is 3.47. The summed E-state index contributed by atoms with van der Waals surface area (Å²) >= 11 is 0. The van der Waals surface area contributed by atoms with Gasteiger partial charge in [-0.25, -0.2) is 13.2 Å². The number of benzene rings is 2. The Morgan fingerprint density at radius 3 is 2.34 bits per heavy atom. The van der Waals surface area contributed by atoms with Gasteiger partial charge in [0, 0.05) is 31.1 Å². The number of pyridine rings is 1. The standard InChI is InChI=1S/C21H18F3N5O5S/c1-25-19(30)18-12-16(8-9-26-18)34-15-6-2-5-14(10-15)28-29-20(31)27-13-4-3-7-17(11-13)35(32,33)21(22,23)24/h2-12,28H,1H3,(H,25,30)(H2,27,29,31). The molecule has 0 atom stereocenters. The Morgan fingerprint density at radius 1 is 0.943 bits per heavy atom. The maximum atomic E-state index is 12.7. The van der Waals surface area contributed by atoms with Gasteiger partial charge in [0.15, 0.2) is 0 Å². The number of nitrogens with one attached hydrogen (secondary N) is 4. The molecule has 3 rings (SSSR count). The molecule has 3 amide bonds. The van der Waals surface area contributed by atoms with Gasteiger partial charge in [0.05, 0.1) is 10.6 Å². The molecule has 0 unspecified atom stereocenters. The largest absolute Gasteiger partial charge is 0.501 e. The highest BCUT2D eigenvalue weighted by molar-refractivity contribution is 7.92. The number of anilines is 2. The Bertz CT molecular complexity index is 1350. The van der Waals surface area contributed by atoms with Gasteiger partial charge in [-0.05, 0) is 36.4 Å². The van der Waals surface area contributed by atoms with E-state index in [1.54, 1.807) is 24.3 Å². The fourth-order valence-electron chi connectivity index (χ4n) is 2.67. The summed E-state index contributed by atoms with van der Waals surface area (Å²) in [6.45, 7) is 0.